The Balaban J connectivity index is 1.33. The minimum atomic E-state index is -4.77. The van der Waals surface area contributed by atoms with E-state index in [-0.39, 0.29) is 23.4 Å². The number of aliphatic imine (C=N–C) groups is 1. The topological polar surface area (TPSA) is 106 Å². The van der Waals surface area contributed by atoms with Gasteiger partial charge in [-0.3, -0.25) is 9.69 Å². The maximum atomic E-state index is 12.7. The van der Waals surface area contributed by atoms with Crippen LogP contribution in [0.4, 0.5) is 24.5 Å². The number of nitrogens with zero attached hydrogens (tertiary/aromatic N) is 5. The highest BCUT2D eigenvalue weighted by Gasteiger charge is 2.32. The number of alkyl halides is 3. The van der Waals surface area contributed by atoms with Crippen molar-refractivity contribution in [2.45, 2.75) is 26.1 Å². The second-order valence-corrected chi connectivity index (χ2v) is 10.9. The van der Waals surface area contributed by atoms with Crippen LogP contribution < -0.4 is 15.4 Å². The summed E-state index contributed by atoms with van der Waals surface area (Å²) in [5.41, 5.74) is 9.64. The number of hydrogen-bond acceptors (Lipinski definition) is 8. The van der Waals surface area contributed by atoms with Gasteiger partial charge in [-0.15, -0.1) is 18.3 Å². The van der Waals surface area contributed by atoms with E-state index >= 15 is 0 Å². The fourth-order valence-corrected chi connectivity index (χ4v) is 5.78. The minimum Gasteiger partial charge on any atom is -0.406 e. The van der Waals surface area contributed by atoms with Crippen molar-refractivity contribution in [3.05, 3.63) is 83.6 Å². The zero-order valence-electron chi connectivity index (χ0n) is 21.8. The van der Waals surface area contributed by atoms with Crippen molar-refractivity contribution in [2.75, 3.05) is 10.7 Å². The summed E-state index contributed by atoms with van der Waals surface area (Å²) in [6.45, 7) is 4.16. The first-order valence-corrected chi connectivity index (χ1v) is 14.1. The van der Waals surface area contributed by atoms with E-state index in [1.807, 2.05) is 42.5 Å². The van der Waals surface area contributed by atoms with Crippen LogP contribution in [-0.2, 0) is 4.79 Å². The van der Waals surface area contributed by atoms with Gasteiger partial charge in [-0.1, -0.05) is 55.9 Å². The minimum absolute atomic E-state index is 0.0412. The highest BCUT2D eigenvalue weighted by Crippen LogP contribution is 2.33. The molecule has 1 aliphatic heterocycles. The van der Waals surface area contributed by atoms with Gasteiger partial charge in [0.15, 0.2) is 11.0 Å². The zero-order valence-corrected chi connectivity index (χ0v) is 23.4. The predicted molar refractivity (Wildman–Crippen MR) is 159 cm³/mol. The number of para-hydroxylation sites is 1. The van der Waals surface area contributed by atoms with Gasteiger partial charge in [0, 0.05) is 5.39 Å². The quantitative estimate of drug-likeness (QED) is 0.143. The molecule has 0 radical (unpaired) electrons. The number of benzene rings is 3. The molecule has 0 unspecified atom stereocenters. The third-order valence-corrected chi connectivity index (χ3v) is 7.70. The van der Waals surface area contributed by atoms with E-state index in [1.165, 1.54) is 35.4 Å². The molecular weight excluding hydrogens is 573 g/mol. The maximum absolute atomic E-state index is 12.7. The van der Waals surface area contributed by atoms with Gasteiger partial charge < -0.3 is 10.5 Å². The van der Waals surface area contributed by atoms with Crippen molar-refractivity contribution in [3.63, 3.8) is 0 Å². The predicted octanol–water partition coefficient (Wildman–Crippen LogP) is 6.83. The Morgan fingerprint density at radius 3 is 2.61 bits per heavy atom. The molecule has 13 heteroatoms. The highest BCUT2D eigenvalue weighted by molar-refractivity contribution is 8.15. The molecule has 1 aliphatic rings. The number of rotatable bonds is 7. The third kappa shape index (κ3) is 6.57. The molecule has 8 nitrogen and oxygen atoms in total. The van der Waals surface area contributed by atoms with Crippen LogP contribution >= 0.6 is 23.3 Å². The van der Waals surface area contributed by atoms with E-state index in [1.54, 1.807) is 11.1 Å². The molecule has 2 heterocycles. The molecule has 2 N–H and O–H groups in total. The monoisotopic (exact) mass is 596 g/mol. The second kappa shape index (κ2) is 11.7. The van der Waals surface area contributed by atoms with Gasteiger partial charge in [0.05, 0.1) is 28.0 Å². The van der Waals surface area contributed by atoms with Gasteiger partial charge in [-0.05, 0) is 65.0 Å². The number of carbonyl (C=O) groups excluding carboxylic acids is 1. The lowest BCUT2D eigenvalue weighted by molar-refractivity contribution is -0.274. The highest BCUT2D eigenvalue weighted by atomic mass is 32.2. The number of nitrogens with two attached hydrogens (primary N) is 1. The summed E-state index contributed by atoms with van der Waals surface area (Å²) < 4.78 is 46.3. The van der Waals surface area contributed by atoms with Gasteiger partial charge in [-0.2, -0.15) is 9.47 Å². The Kier molecular flexibility index (Phi) is 8.08. The molecule has 5 rings (SSSR count). The van der Waals surface area contributed by atoms with E-state index in [0.29, 0.717) is 22.3 Å². The molecule has 0 saturated carbocycles. The number of amidine groups is 2. The Morgan fingerprint density at radius 2 is 1.88 bits per heavy atom. The normalized spacial score (nSPS) is 15.7. The zero-order chi connectivity index (χ0) is 29.1. The van der Waals surface area contributed by atoms with Gasteiger partial charge in [0.2, 0.25) is 5.91 Å². The van der Waals surface area contributed by atoms with Crippen molar-refractivity contribution >= 4 is 67.9 Å². The van der Waals surface area contributed by atoms with Crippen LogP contribution in [0.3, 0.4) is 0 Å². The van der Waals surface area contributed by atoms with Crippen LogP contribution in [0.2, 0.25) is 0 Å². The molecule has 3 aromatic carbocycles. The summed E-state index contributed by atoms with van der Waals surface area (Å²) >= 11 is 2.57. The van der Waals surface area contributed by atoms with E-state index < -0.39 is 6.36 Å². The Bertz CT molecular complexity index is 1680. The number of anilines is 1. The first-order chi connectivity index (χ1) is 19.6. The van der Waals surface area contributed by atoms with E-state index in [2.05, 4.69) is 38.2 Å². The number of aromatic nitrogens is 1. The first-order valence-electron chi connectivity index (χ1n) is 12.3. The summed E-state index contributed by atoms with van der Waals surface area (Å²) in [5.74, 6) is 0.270. The summed E-state index contributed by atoms with van der Waals surface area (Å²) in [7, 11) is 0. The lowest BCUT2D eigenvalue weighted by Gasteiger charge is -2.20. The first kappa shape index (κ1) is 28.3. The number of thioether (sulfide) groups is 1. The number of hydrogen-bond donors (Lipinski definition) is 1. The van der Waals surface area contributed by atoms with Crippen molar-refractivity contribution in [1.29, 1.82) is 0 Å². The molecule has 0 bridgehead atoms. The van der Waals surface area contributed by atoms with Gasteiger partial charge in [-0.25, -0.2) is 4.99 Å². The van der Waals surface area contributed by atoms with Crippen LogP contribution in [0.25, 0.3) is 10.1 Å². The van der Waals surface area contributed by atoms with Crippen molar-refractivity contribution < 1.29 is 22.7 Å². The summed E-state index contributed by atoms with van der Waals surface area (Å²) in [6.07, 6.45) is -3.17. The average molecular weight is 597 g/mol. The standard InChI is InChI=1S/C28H23F3N6O2S2/c1-16(2)20-5-3-4-6-22(20)37-24(38)15-40-27(37)35-33-14-17-7-12-21-23(13-17)41-36-25(21)26(32)34-18-8-10-19(11-9-18)39-28(29,30)31/h3-14,16H,15H2,1-2H3,(H2,32,34)/b33-14+,35-27-. The van der Waals surface area contributed by atoms with E-state index in [0.717, 1.165) is 39.0 Å². The maximum Gasteiger partial charge on any atom is 0.573 e. The van der Waals surface area contributed by atoms with Gasteiger partial charge in [0.25, 0.3) is 0 Å². The molecular formula is C28H23F3N6O2S2. The molecule has 1 fully saturated rings. The summed E-state index contributed by atoms with van der Waals surface area (Å²) in [6, 6.07) is 18.4. The SMILES string of the molecule is CC(C)c1ccccc1N1C(=O)CS/C1=N\N=C\c1ccc2c(C(N)=Nc3ccc(OC(F)(F)F)cc3)nsc2c1. The number of fused-ring (bicyclic) bond motifs is 1. The number of halogens is 3. The van der Waals surface area contributed by atoms with Crippen LogP contribution in [0.1, 0.15) is 36.6 Å². The number of amides is 1. The Labute approximate surface area is 241 Å². The fraction of sp³-hybridized carbons (Fsp3) is 0.179. The molecule has 41 heavy (non-hydrogen) atoms. The fourth-order valence-electron chi connectivity index (χ4n) is 4.13. The smallest absolute Gasteiger partial charge is 0.406 e. The van der Waals surface area contributed by atoms with Crippen LogP contribution in [-0.4, -0.2) is 39.6 Å². The summed E-state index contributed by atoms with van der Waals surface area (Å²) in [4.78, 5) is 18.6. The molecule has 1 amide bonds. The molecule has 210 valence electrons. The van der Waals surface area contributed by atoms with Gasteiger partial charge >= 0.3 is 6.36 Å². The summed E-state index contributed by atoms with van der Waals surface area (Å²) in [5, 5.41) is 9.88. The second-order valence-electron chi connectivity index (χ2n) is 9.18. The van der Waals surface area contributed by atoms with Crippen molar-refractivity contribution in [2.24, 2.45) is 20.9 Å². The number of ether oxygens (including phenoxy) is 1. The van der Waals surface area contributed by atoms with Crippen LogP contribution in [0, 0.1) is 0 Å². The lowest BCUT2D eigenvalue weighted by Crippen LogP contribution is -2.30. The molecule has 4 aromatic rings. The third-order valence-electron chi connectivity index (χ3n) is 5.97. The van der Waals surface area contributed by atoms with Gasteiger partial charge in [0.1, 0.15) is 11.4 Å². The molecule has 0 aliphatic carbocycles. The molecule has 0 atom stereocenters. The largest absolute Gasteiger partial charge is 0.573 e. The van der Waals surface area contributed by atoms with Crippen molar-refractivity contribution in [1.82, 2.24) is 4.37 Å². The van der Waals surface area contributed by atoms with E-state index in [9.17, 15) is 18.0 Å². The average Bonchev–Trinajstić information content (AvgIpc) is 3.52. The molecule has 1 saturated heterocycles. The Hall–Kier alpha value is -4.23. The molecule has 1 aromatic heterocycles. The van der Waals surface area contributed by atoms with E-state index in [4.69, 9.17) is 5.73 Å². The lowest BCUT2D eigenvalue weighted by atomic mass is 10.0. The Morgan fingerprint density at radius 1 is 1.12 bits per heavy atom. The van der Waals surface area contributed by atoms with Crippen LogP contribution in [0.15, 0.2) is 81.9 Å². The van der Waals surface area contributed by atoms with Crippen LogP contribution in [0.5, 0.6) is 5.75 Å². The number of carbonyl (C=O) groups is 1. The van der Waals surface area contributed by atoms with Crippen molar-refractivity contribution in [3.8, 4) is 5.75 Å². The molecule has 0 spiro atoms.